The average Bonchev–Trinajstić information content (AvgIpc) is 2.68. The van der Waals surface area contributed by atoms with Crippen molar-refractivity contribution >= 4 is 11.8 Å². The number of nitrogens with zero attached hydrogens (tertiary/aromatic N) is 1. The molecule has 2 amide bonds. The number of rotatable bonds is 2. The standard InChI is InChI=1S/C22H22F2N2O3/c23-16-3-1-14-11-22(12-20(28)18(14)9-16)5-7-26(8-6-22)21(29)25-13-15-2-4-17(24)10-19(15)27/h1-4,9-10,27H,5-8,11-13H2,(H,25,29). The number of hydrogen-bond acceptors (Lipinski definition) is 3. The van der Waals surface area contributed by atoms with Crippen molar-refractivity contribution in [2.75, 3.05) is 13.1 Å². The molecule has 29 heavy (non-hydrogen) atoms. The molecule has 2 aliphatic rings. The Morgan fingerprint density at radius 2 is 1.76 bits per heavy atom. The maximum absolute atomic E-state index is 13.4. The third-order valence-corrected chi connectivity index (χ3v) is 6.06. The topological polar surface area (TPSA) is 69.6 Å². The van der Waals surface area contributed by atoms with Gasteiger partial charge in [-0.25, -0.2) is 13.6 Å². The summed E-state index contributed by atoms with van der Waals surface area (Å²) in [5.74, 6) is -1.16. The number of fused-ring (bicyclic) bond motifs is 1. The van der Waals surface area contributed by atoms with Crippen molar-refractivity contribution in [1.82, 2.24) is 10.2 Å². The molecule has 2 N–H and O–H groups in total. The van der Waals surface area contributed by atoms with Crippen LogP contribution in [-0.2, 0) is 13.0 Å². The van der Waals surface area contributed by atoms with Gasteiger partial charge in [0.1, 0.15) is 17.4 Å². The fourth-order valence-electron chi connectivity index (χ4n) is 4.37. The molecule has 1 aliphatic heterocycles. The SMILES string of the molecule is O=C1CC2(CCN(C(=O)NCc3ccc(F)cc3O)CC2)Cc2ccc(F)cc21. The highest BCUT2D eigenvalue weighted by atomic mass is 19.1. The third kappa shape index (κ3) is 3.95. The van der Waals surface area contributed by atoms with Crippen LogP contribution < -0.4 is 5.32 Å². The molecule has 0 aromatic heterocycles. The van der Waals surface area contributed by atoms with Gasteiger partial charge in [0.2, 0.25) is 0 Å². The zero-order valence-corrected chi connectivity index (χ0v) is 15.9. The molecule has 0 atom stereocenters. The lowest BCUT2D eigenvalue weighted by Gasteiger charge is -2.44. The number of hydrogen-bond donors (Lipinski definition) is 2. The average molecular weight is 400 g/mol. The fourth-order valence-corrected chi connectivity index (χ4v) is 4.37. The number of phenols is 1. The van der Waals surface area contributed by atoms with Crippen LogP contribution in [-0.4, -0.2) is 34.9 Å². The van der Waals surface area contributed by atoms with Crippen LogP contribution in [0.25, 0.3) is 0 Å². The van der Waals surface area contributed by atoms with Gasteiger partial charge in [-0.1, -0.05) is 12.1 Å². The van der Waals surface area contributed by atoms with Gasteiger partial charge in [-0.3, -0.25) is 4.79 Å². The number of amides is 2. The molecular formula is C22H22F2N2O3. The lowest BCUT2D eigenvalue weighted by atomic mass is 9.66. The Morgan fingerprint density at radius 3 is 2.48 bits per heavy atom. The van der Waals surface area contributed by atoms with E-state index in [1.807, 2.05) is 0 Å². The maximum atomic E-state index is 13.4. The van der Waals surface area contributed by atoms with Crippen LogP contribution in [0.2, 0.25) is 0 Å². The van der Waals surface area contributed by atoms with E-state index in [0.29, 0.717) is 49.9 Å². The minimum absolute atomic E-state index is 0.0320. The van der Waals surface area contributed by atoms with Gasteiger partial charge in [0, 0.05) is 43.2 Å². The first-order valence-electron chi connectivity index (χ1n) is 9.67. The van der Waals surface area contributed by atoms with Crippen molar-refractivity contribution in [2.45, 2.75) is 32.2 Å². The molecule has 1 heterocycles. The minimum Gasteiger partial charge on any atom is -0.507 e. The number of nitrogens with one attached hydrogen (secondary N) is 1. The summed E-state index contributed by atoms with van der Waals surface area (Å²) in [5, 5.41) is 12.5. The molecule has 2 aromatic rings. The number of benzene rings is 2. The fraction of sp³-hybridized carbons (Fsp3) is 0.364. The summed E-state index contributed by atoms with van der Waals surface area (Å²) < 4.78 is 26.5. The predicted octanol–water partition coefficient (Wildman–Crippen LogP) is 3.79. The zero-order chi connectivity index (χ0) is 20.6. The molecule has 2 aromatic carbocycles. The third-order valence-electron chi connectivity index (χ3n) is 6.06. The smallest absolute Gasteiger partial charge is 0.317 e. The highest BCUT2D eigenvalue weighted by Crippen LogP contribution is 2.43. The number of phenolic OH excluding ortho intramolecular Hbond substituents is 1. The van der Waals surface area contributed by atoms with Crippen molar-refractivity contribution in [2.24, 2.45) is 5.41 Å². The van der Waals surface area contributed by atoms with Crippen molar-refractivity contribution in [3.05, 3.63) is 64.7 Å². The molecule has 1 saturated heterocycles. The van der Waals surface area contributed by atoms with E-state index in [2.05, 4.69) is 5.32 Å². The lowest BCUT2D eigenvalue weighted by molar-refractivity contribution is 0.0735. The van der Waals surface area contributed by atoms with Crippen LogP contribution in [0.3, 0.4) is 0 Å². The highest BCUT2D eigenvalue weighted by Gasteiger charge is 2.41. The number of piperidine rings is 1. The molecule has 7 heteroatoms. The summed E-state index contributed by atoms with van der Waals surface area (Å²) in [6.45, 7) is 1.14. The van der Waals surface area contributed by atoms with E-state index in [1.54, 1.807) is 11.0 Å². The summed E-state index contributed by atoms with van der Waals surface area (Å²) >= 11 is 0. The van der Waals surface area contributed by atoms with Gasteiger partial charge in [-0.05, 0) is 48.4 Å². The first-order chi connectivity index (χ1) is 13.8. The summed E-state index contributed by atoms with van der Waals surface area (Å²) in [7, 11) is 0. The molecule has 1 spiro atoms. The number of aromatic hydroxyl groups is 1. The summed E-state index contributed by atoms with van der Waals surface area (Å²) in [5.41, 5.74) is 1.62. The molecule has 0 bridgehead atoms. The van der Waals surface area contributed by atoms with Crippen molar-refractivity contribution in [3.63, 3.8) is 0 Å². The van der Waals surface area contributed by atoms with Crippen LogP contribution in [0, 0.1) is 17.0 Å². The Balaban J connectivity index is 1.36. The minimum atomic E-state index is -0.537. The monoisotopic (exact) mass is 400 g/mol. The van der Waals surface area contributed by atoms with Crippen LogP contribution >= 0.6 is 0 Å². The van der Waals surface area contributed by atoms with Gasteiger partial charge < -0.3 is 15.3 Å². The number of ketones is 1. The van der Waals surface area contributed by atoms with E-state index in [9.17, 15) is 23.5 Å². The Kier molecular flexibility index (Phi) is 4.98. The van der Waals surface area contributed by atoms with E-state index in [1.165, 1.54) is 24.3 Å². The van der Waals surface area contributed by atoms with Crippen molar-refractivity contribution < 1.29 is 23.5 Å². The number of urea groups is 1. The summed E-state index contributed by atoms with van der Waals surface area (Å²) in [4.78, 5) is 26.7. The Labute approximate surface area is 167 Å². The largest absolute Gasteiger partial charge is 0.507 e. The van der Waals surface area contributed by atoms with Gasteiger partial charge in [0.15, 0.2) is 5.78 Å². The molecule has 0 saturated carbocycles. The Bertz CT molecular complexity index is 969. The molecule has 152 valence electrons. The van der Waals surface area contributed by atoms with E-state index >= 15 is 0 Å². The van der Waals surface area contributed by atoms with E-state index < -0.39 is 11.6 Å². The second kappa shape index (κ2) is 7.46. The molecule has 0 unspecified atom stereocenters. The Morgan fingerprint density at radius 1 is 1.07 bits per heavy atom. The number of carbonyl (C=O) groups excluding carboxylic acids is 2. The van der Waals surface area contributed by atoms with E-state index in [-0.39, 0.29) is 29.5 Å². The second-order valence-corrected chi connectivity index (χ2v) is 8.00. The molecule has 1 fully saturated rings. The van der Waals surface area contributed by atoms with Crippen LogP contribution in [0.4, 0.5) is 13.6 Å². The van der Waals surface area contributed by atoms with Crippen molar-refractivity contribution in [1.29, 1.82) is 0 Å². The zero-order valence-electron chi connectivity index (χ0n) is 15.9. The van der Waals surface area contributed by atoms with Crippen LogP contribution in [0.15, 0.2) is 36.4 Å². The molecule has 4 rings (SSSR count). The van der Waals surface area contributed by atoms with Crippen molar-refractivity contribution in [3.8, 4) is 5.75 Å². The Hall–Kier alpha value is -2.96. The normalized spacial score (nSPS) is 17.9. The maximum Gasteiger partial charge on any atom is 0.317 e. The van der Waals surface area contributed by atoms with Crippen LogP contribution in [0.5, 0.6) is 5.75 Å². The first kappa shape index (κ1) is 19.4. The molecule has 0 radical (unpaired) electrons. The number of halogens is 2. The van der Waals surface area contributed by atoms with Gasteiger partial charge in [0.05, 0.1) is 0 Å². The van der Waals surface area contributed by atoms with E-state index in [4.69, 9.17) is 0 Å². The van der Waals surface area contributed by atoms with Gasteiger partial charge in [0.25, 0.3) is 0 Å². The van der Waals surface area contributed by atoms with E-state index in [0.717, 1.165) is 11.6 Å². The van der Waals surface area contributed by atoms with Crippen LogP contribution in [0.1, 0.15) is 40.7 Å². The first-order valence-corrected chi connectivity index (χ1v) is 9.67. The molecule has 1 aliphatic carbocycles. The predicted molar refractivity (Wildman–Crippen MR) is 103 cm³/mol. The summed E-state index contributed by atoms with van der Waals surface area (Å²) in [6, 6.07) is 7.82. The van der Waals surface area contributed by atoms with Gasteiger partial charge >= 0.3 is 6.03 Å². The highest BCUT2D eigenvalue weighted by molar-refractivity contribution is 5.99. The lowest BCUT2D eigenvalue weighted by Crippen LogP contribution is -2.49. The second-order valence-electron chi connectivity index (χ2n) is 8.00. The molecular weight excluding hydrogens is 378 g/mol. The number of carbonyl (C=O) groups is 2. The quantitative estimate of drug-likeness (QED) is 0.806. The number of likely N-dealkylation sites (tertiary alicyclic amines) is 1. The van der Waals surface area contributed by atoms with Gasteiger partial charge in [-0.15, -0.1) is 0 Å². The van der Waals surface area contributed by atoms with Gasteiger partial charge in [-0.2, -0.15) is 0 Å². The number of Topliss-reactive ketones (excluding diaryl/α,β-unsaturated/α-hetero) is 1. The summed E-state index contributed by atoms with van der Waals surface area (Å²) in [6.07, 6.45) is 2.49. The molecule has 5 nitrogen and oxygen atoms in total.